The average Bonchev–Trinajstić information content (AvgIpc) is 3.08. The van der Waals surface area contributed by atoms with Crippen LogP contribution in [0.2, 0.25) is 0 Å². The summed E-state index contributed by atoms with van der Waals surface area (Å²) in [5.74, 6) is 1.41. The summed E-state index contributed by atoms with van der Waals surface area (Å²) in [4.78, 5) is 19.2. The van der Waals surface area contributed by atoms with Gasteiger partial charge in [0.25, 0.3) is 0 Å². The molecule has 0 saturated carbocycles. The topological polar surface area (TPSA) is 47.4 Å². The van der Waals surface area contributed by atoms with E-state index in [1.807, 2.05) is 35.0 Å². The van der Waals surface area contributed by atoms with E-state index in [1.165, 1.54) is 18.2 Å². The molecule has 1 saturated heterocycles. The second kappa shape index (κ2) is 7.95. The van der Waals surface area contributed by atoms with E-state index in [9.17, 15) is 4.79 Å². The Morgan fingerprint density at radius 3 is 2.80 bits per heavy atom. The minimum absolute atomic E-state index is 0.199. The summed E-state index contributed by atoms with van der Waals surface area (Å²) in [5.41, 5.74) is 0.978. The monoisotopic (exact) mass is 359 g/mol. The molecule has 0 unspecified atom stereocenters. The molecule has 5 nitrogen and oxygen atoms in total. The van der Waals surface area contributed by atoms with Gasteiger partial charge in [-0.15, -0.1) is 0 Å². The number of aromatic nitrogens is 2. The van der Waals surface area contributed by atoms with Crippen molar-refractivity contribution in [2.75, 3.05) is 12.9 Å². The molecule has 3 rings (SSSR count). The lowest BCUT2D eigenvalue weighted by atomic mass is 9.98. The zero-order chi connectivity index (χ0) is 17.8. The number of ether oxygens (including phenoxy) is 1. The summed E-state index contributed by atoms with van der Waals surface area (Å²) in [6.07, 6.45) is 7.07. The van der Waals surface area contributed by atoms with Crippen LogP contribution in [-0.4, -0.2) is 45.3 Å². The summed E-state index contributed by atoms with van der Waals surface area (Å²) in [6.45, 7) is 4.30. The second-order valence-electron chi connectivity index (χ2n) is 6.50. The van der Waals surface area contributed by atoms with E-state index >= 15 is 0 Å². The molecule has 1 fully saturated rings. The minimum atomic E-state index is 0.199. The molecule has 1 amide bonds. The minimum Gasteiger partial charge on any atom is -0.497 e. The smallest absolute Gasteiger partial charge is 0.233 e. The summed E-state index contributed by atoms with van der Waals surface area (Å²) in [7, 11) is 1.66. The highest BCUT2D eigenvalue weighted by Gasteiger charge is 2.28. The third kappa shape index (κ3) is 4.00. The number of imidazole rings is 1. The van der Waals surface area contributed by atoms with Crippen LogP contribution in [0.4, 0.5) is 0 Å². The highest BCUT2D eigenvalue weighted by atomic mass is 32.2. The Morgan fingerprint density at radius 2 is 2.08 bits per heavy atom. The molecule has 1 aliphatic rings. The molecule has 0 spiro atoms. The molecule has 1 aromatic heterocycles. The number of thioether (sulfide) groups is 1. The van der Waals surface area contributed by atoms with Crippen molar-refractivity contribution in [2.45, 2.75) is 50.4 Å². The fourth-order valence-electron chi connectivity index (χ4n) is 3.47. The van der Waals surface area contributed by atoms with Crippen LogP contribution in [-0.2, 0) is 4.79 Å². The van der Waals surface area contributed by atoms with Gasteiger partial charge in [-0.3, -0.25) is 9.36 Å². The van der Waals surface area contributed by atoms with Crippen molar-refractivity contribution < 1.29 is 9.53 Å². The Bertz CT molecular complexity index is 721. The Labute approximate surface area is 153 Å². The molecule has 134 valence electrons. The number of amides is 1. The number of nitrogens with zero attached hydrogens (tertiary/aromatic N) is 3. The second-order valence-corrected chi connectivity index (χ2v) is 7.44. The first kappa shape index (κ1) is 17.9. The van der Waals surface area contributed by atoms with Crippen LogP contribution in [0.3, 0.4) is 0 Å². The quantitative estimate of drug-likeness (QED) is 0.763. The van der Waals surface area contributed by atoms with Crippen LogP contribution in [0.15, 0.2) is 41.8 Å². The number of carbonyl (C=O) groups is 1. The standard InChI is InChI=1S/C19H25N3O2S/c1-14-6-4-7-15(2)22(14)18(23)13-25-19-20-10-11-21(19)16-8-5-9-17(12-16)24-3/h5,8-12,14-15H,4,6-7,13H2,1-3H3/t14-,15+. The molecule has 0 bridgehead atoms. The van der Waals surface area contributed by atoms with Crippen molar-refractivity contribution in [3.8, 4) is 11.4 Å². The summed E-state index contributed by atoms with van der Waals surface area (Å²) >= 11 is 1.49. The van der Waals surface area contributed by atoms with Gasteiger partial charge in [0.1, 0.15) is 5.75 Å². The third-order valence-electron chi connectivity index (χ3n) is 4.74. The number of carbonyl (C=O) groups excluding carboxylic acids is 1. The molecule has 0 N–H and O–H groups in total. The van der Waals surface area contributed by atoms with Crippen LogP contribution in [0, 0.1) is 0 Å². The number of hydrogen-bond acceptors (Lipinski definition) is 4. The van der Waals surface area contributed by atoms with E-state index < -0.39 is 0 Å². The van der Waals surface area contributed by atoms with E-state index in [0.717, 1.165) is 29.4 Å². The third-order valence-corrected chi connectivity index (χ3v) is 5.70. The van der Waals surface area contributed by atoms with Gasteiger partial charge in [0.05, 0.1) is 18.6 Å². The molecular formula is C19H25N3O2S. The van der Waals surface area contributed by atoms with Gasteiger partial charge in [0.2, 0.25) is 5.91 Å². The van der Waals surface area contributed by atoms with Crippen molar-refractivity contribution in [2.24, 2.45) is 0 Å². The predicted molar refractivity (Wildman–Crippen MR) is 100 cm³/mol. The zero-order valence-electron chi connectivity index (χ0n) is 15.0. The molecule has 1 aromatic carbocycles. The molecule has 2 heterocycles. The van der Waals surface area contributed by atoms with Gasteiger partial charge in [-0.05, 0) is 45.2 Å². The van der Waals surface area contributed by atoms with E-state index in [4.69, 9.17) is 4.74 Å². The van der Waals surface area contributed by atoms with Crippen molar-refractivity contribution >= 4 is 17.7 Å². The number of methoxy groups -OCH3 is 1. The largest absolute Gasteiger partial charge is 0.497 e. The first-order valence-electron chi connectivity index (χ1n) is 8.72. The first-order chi connectivity index (χ1) is 12.1. The molecule has 2 atom stereocenters. The number of hydrogen-bond donors (Lipinski definition) is 0. The Balaban J connectivity index is 1.70. The highest BCUT2D eigenvalue weighted by molar-refractivity contribution is 7.99. The van der Waals surface area contributed by atoms with Crippen LogP contribution in [0.5, 0.6) is 5.75 Å². The molecule has 2 aromatic rings. The average molecular weight is 359 g/mol. The zero-order valence-corrected chi connectivity index (χ0v) is 15.8. The summed E-state index contributed by atoms with van der Waals surface area (Å²) in [5, 5.41) is 0.818. The normalized spacial score (nSPS) is 20.5. The van der Waals surface area contributed by atoms with Gasteiger partial charge in [0, 0.05) is 30.5 Å². The summed E-state index contributed by atoms with van der Waals surface area (Å²) in [6, 6.07) is 8.48. The van der Waals surface area contributed by atoms with Crippen LogP contribution < -0.4 is 4.74 Å². The van der Waals surface area contributed by atoms with Crippen LogP contribution >= 0.6 is 11.8 Å². The first-order valence-corrected chi connectivity index (χ1v) is 9.70. The number of rotatable bonds is 5. The lowest BCUT2D eigenvalue weighted by Crippen LogP contribution is -2.48. The molecule has 1 aliphatic heterocycles. The maximum absolute atomic E-state index is 12.7. The Hall–Kier alpha value is -1.95. The fourth-order valence-corrected chi connectivity index (χ4v) is 4.31. The van der Waals surface area contributed by atoms with Gasteiger partial charge >= 0.3 is 0 Å². The SMILES string of the molecule is COc1cccc(-n2ccnc2SCC(=O)N2[C@H](C)CCC[C@@H]2C)c1. The van der Waals surface area contributed by atoms with Crippen molar-refractivity contribution in [3.63, 3.8) is 0 Å². The van der Waals surface area contributed by atoms with Gasteiger partial charge in [-0.1, -0.05) is 17.8 Å². The molecule has 0 radical (unpaired) electrons. The van der Waals surface area contributed by atoms with Gasteiger partial charge in [-0.25, -0.2) is 4.98 Å². The fraction of sp³-hybridized carbons (Fsp3) is 0.474. The molecular weight excluding hydrogens is 334 g/mol. The van der Waals surface area contributed by atoms with Gasteiger partial charge in [0.15, 0.2) is 5.16 Å². The Kier molecular flexibility index (Phi) is 5.68. The number of likely N-dealkylation sites (tertiary alicyclic amines) is 1. The maximum atomic E-state index is 12.7. The van der Waals surface area contributed by atoms with Crippen LogP contribution in [0.1, 0.15) is 33.1 Å². The van der Waals surface area contributed by atoms with E-state index in [0.29, 0.717) is 17.8 Å². The van der Waals surface area contributed by atoms with Crippen molar-refractivity contribution in [3.05, 3.63) is 36.7 Å². The lowest BCUT2D eigenvalue weighted by Gasteiger charge is -2.39. The van der Waals surface area contributed by atoms with Crippen LogP contribution in [0.25, 0.3) is 5.69 Å². The Morgan fingerprint density at radius 1 is 1.32 bits per heavy atom. The van der Waals surface area contributed by atoms with E-state index in [2.05, 4.69) is 23.7 Å². The molecule has 25 heavy (non-hydrogen) atoms. The van der Waals surface area contributed by atoms with Gasteiger partial charge in [-0.2, -0.15) is 0 Å². The maximum Gasteiger partial charge on any atom is 0.233 e. The summed E-state index contributed by atoms with van der Waals surface area (Å²) < 4.78 is 7.28. The van der Waals surface area contributed by atoms with Gasteiger partial charge < -0.3 is 9.64 Å². The lowest BCUT2D eigenvalue weighted by molar-refractivity contribution is -0.134. The van der Waals surface area contributed by atoms with E-state index in [-0.39, 0.29) is 5.91 Å². The highest BCUT2D eigenvalue weighted by Crippen LogP contribution is 2.26. The van der Waals surface area contributed by atoms with Crippen molar-refractivity contribution in [1.29, 1.82) is 0 Å². The van der Waals surface area contributed by atoms with Crippen molar-refractivity contribution in [1.82, 2.24) is 14.5 Å². The number of piperidine rings is 1. The predicted octanol–water partition coefficient (Wildman–Crippen LogP) is 3.76. The van der Waals surface area contributed by atoms with E-state index in [1.54, 1.807) is 13.3 Å². The molecule has 6 heteroatoms. The molecule has 0 aliphatic carbocycles. The number of benzene rings is 1.